The normalized spacial score (nSPS) is 32.1. The smallest absolute Gasteiger partial charge is 0.164 e. The highest BCUT2D eigenvalue weighted by atomic mass is 16.8. The van der Waals surface area contributed by atoms with Gasteiger partial charge in [-0.3, -0.25) is 4.79 Å². The number of carbonyl (C=O) groups excluding carboxylic acids is 1. The number of hydrogen-bond acceptors (Lipinski definition) is 4. The molecule has 1 saturated heterocycles. The zero-order valence-corrected chi connectivity index (χ0v) is 13.0. The van der Waals surface area contributed by atoms with E-state index >= 15 is 0 Å². The third-order valence-corrected chi connectivity index (χ3v) is 3.93. The van der Waals surface area contributed by atoms with E-state index in [1.54, 1.807) is 0 Å². The Balaban J connectivity index is 1.76. The van der Waals surface area contributed by atoms with Gasteiger partial charge in [0.1, 0.15) is 18.3 Å². The molecule has 0 saturated carbocycles. The zero-order valence-electron chi connectivity index (χ0n) is 13.0. The molecule has 118 valence electrons. The minimum absolute atomic E-state index is 0.0802. The summed E-state index contributed by atoms with van der Waals surface area (Å²) in [5, 5.41) is 0. The number of fused-ring (bicyclic) bond motifs is 1. The van der Waals surface area contributed by atoms with Crippen LogP contribution >= 0.6 is 0 Å². The molecule has 1 fully saturated rings. The second-order valence-corrected chi connectivity index (χ2v) is 6.22. The molecule has 0 amide bonds. The van der Waals surface area contributed by atoms with Crippen molar-refractivity contribution in [3.05, 3.63) is 48.0 Å². The Morgan fingerprint density at radius 1 is 1.23 bits per heavy atom. The lowest BCUT2D eigenvalue weighted by atomic mass is 9.97. The second kappa shape index (κ2) is 6.32. The zero-order chi connectivity index (χ0) is 15.6. The first-order valence-corrected chi connectivity index (χ1v) is 7.76. The maximum absolute atomic E-state index is 12.4. The predicted octanol–water partition coefficient (Wildman–Crippen LogP) is 3.01. The van der Waals surface area contributed by atoms with Crippen molar-refractivity contribution < 1.29 is 19.0 Å². The number of ketones is 1. The van der Waals surface area contributed by atoms with Crippen LogP contribution in [-0.2, 0) is 25.6 Å². The molecule has 1 heterocycles. The van der Waals surface area contributed by atoms with Crippen LogP contribution in [-0.4, -0.2) is 29.9 Å². The van der Waals surface area contributed by atoms with E-state index in [0.29, 0.717) is 13.0 Å². The van der Waals surface area contributed by atoms with E-state index in [4.69, 9.17) is 14.2 Å². The fourth-order valence-electron chi connectivity index (χ4n) is 2.93. The van der Waals surface area contributed by atoms with Gasteiger partial charge in [0.05, 0.1) is 6.61 Å². The first-order valence-electron chi connectivity index (χ1n) is 7.76. The van der Waals surface area contributed by atoms with Crippen LogP contribution in [0.5, 0.6) is 0 Å². The van der Waals surface area contributed by atoms with Gasteiger partial charge in [-0.2, -0.15) is 0 Å². The summed E-state index contributed by atoms with van der Waals surface area (Å²) in [4.78, 5) is 12.4. The van der Waals surface area contributed by atoms with Crippen LogP contribution in [0.4, 0.5) is 0 Å². The van der Waals surface area contributed by atoms with Crippen molar-refractivity contribution in [3.63, 3.8) is 0 Å². The largest absolute Gasteiger partial charge is 0.363 e. The van der Waals surface area contributed by atoms with Gasteiger partial charge >= 0.3 is 0 Å². The molecule has 0 spiro atoms. The van der Waals surface area contributed by atoms with Gasteiger partial charge in [0.25, 0.3) is 0 Å². The maximum Gasteiger partial charge on any atom is 0.164 e. The minimum Gasteiger partial charge on any atom is -0.363 e. The number of rotatable bonds is 3. The van der Waals surface area contributed by atoms with Crippen molar-refractivity contribution >= 4 is 5.78 Å². The van der Waals surface area contributed by atoms with Crippen LogP contribution < -0.4 is 0 Å². The van der Waals surface area contributed by atoms with Crippen LogP contribution in [0.25, 0.3) is 0 Å². The van der Waals surface area contributed by atoms with Crippen LogP contribution in [0.1, 0.15) is 32.3 Å². The fourth-order valence-corrected chi connectivity index (χ4v) is 2.93. The quantitative estimate of drug-likeness (QED) is 0.805. The van der Waals surface area contributed by atoms with E-state index in [1.165, 1.54) is 0 Å². The molecule has 1 aliphatic carbocycles. The van der Waals surface area contributed by atoms with Gasteiger partial charge in [-0.15, -0.1) is 0 Å². The molecule has 3 rings (SSSR count). The maximum atomic E-state index is 12.4. The third kappa shape index (κ3) is 3.46. The summed E-state index contributed by atoms with van der Waals surface area (Å²) in [5.74, 6) is -0.616. The van der Waals surface area contributed by atoms with Crippen LogP contribution in [0, 0.1) is 0 Å². The van der Waals surface area contributed by atoms with Crippen molar-refractivity contribution in [3.8, 4) is 0 Å². The van der Waals surface area contributed by atoms with Gasteiger partial charge in [0.15, 0.2) is 11.6 Å². The number of hydrogen-bond donors (Lipinski definition) is 0. The number of benzene rings is 1. The summed E-state index contributed by atoms with van der Waals surface area (Å²) in [6.45, 7) is 4.13. The number of allylic oxidation sites excluding steroid dienone is 1. The number of carbonyl (C=O) groups is 1. The molecule has 4 heteroatoms. The Morgan fingerprint density at radius 3 is 2.77 bits per heavy atom. The van der Waals surface area contributed by atoms with E-state index in [9.17, 15) is 4.79 Å². The standard InChI is InChI=1S/C18H22O4/c1-18(2)21-15-11-7-6-10-14(19)16(17(15)22-18)20-12-13-8-4-3-5-9-13/h3-5,7-9,11,15-17H,6,10,12H2,1-2H3/b11-7-/t15-,16-,17-/m1/s1. The van der Waals surface area contributed by atoms with Gasteiger partial charge in [0.2, 0.25) is 0 Å². The molecule has 0 unspecified atom stereocenters. The lowest BCUT2D eigenvalue weighted by Crippen LogP contribution is -2.43. The van der Waals surface area contributed by atoms with Gasteiger partial charge < -0.3 is 14.2 Å². The van der Waals surface area contributed by atoms with E-state index in [2.05, 4.69) is 0 Å². The Labute approximate surface area is 131 Å². The van der Waals surface area contributed by atoms with Crippen LogP contribution in [0.3, 0.4) is 0 Å². The highest BCUT2D eigenvalue weighted by molar-refractivity contribution is 5.84. The Kier molecular flexibility index (Phi) is 4.43. The molecule has 3 atom stereocenters. The average molecular weight is 302 g/mol. The lowest BCUT2D eigenvalue weighted by Gasteiger charge is -2.26. The molecule has 4 nitrogen and oxygen atoms in total. The summed E-state index contributed by atoms with van der Waals surface area (Å²) < 4.78 is 17.8. The summed E-state index contributed by atoms with van der Waals surface area (Å²) in [6.07, 6.45) is 3.97. The highest BCUT2D eigenvalue weighted by Crippen LogP contribution is 2.33. The molecule has 0 N–H and O–H groups in total. The summed E-state index contributed by atoms with van der Waals surface area (Å²) >= 11 is 0. The predicted molar refractivity (Wildman–Crippen MR) is 82.2 cm³/mol. The number of Topliss-reactive ketones (excluding diaryl/α,β-unsaturated/α-hetero) is 1. The monoisotopic (exact) mass is 302 g/mol. The van der Waals surface area contributed by atoms with Gasteiger partial charge in [-0.05, 0) is 25.8 Å². The molecular weight excluding hydrogens is 280 g/mol. The van der Waals surface area contributed by atoms with E-state index < -0.39 is 11.9 Å². The molecule has 0 bridgehead atoms. The van der Waals surface area contributed by atoms with E-state index in [0.717, 1.165) is 12.0 Å². The first kappa shape index (κ1) is 15.4. The van der Waals surface area contributed by atoms with Crippen LogP contribution in [0.15, 0.2) is 42.5 Å². The molecule has 22 heavy (non-hydrogen) atoms. The average Bonchev–Trinajstić information content (AvgIpc) is 2.78. The lowest BCUT2D eigenvalue weighted by molar-refractivity contribution is -0.165. The molecular formula is C18H22O4. The highest BCUT2D eigenvalue weighted by Gasteiger charge is 2.47. The Hall–Kier alpha value is -1.49. The SMILES string of the molecule is CC1(C)O[C@H]2[C@H](OCc3ccccc3)C(=O)CC/C=C\[C@H]2O1. The minimum atomic E-state index is -0.696. The molecule has 1 aliphatic heterocycles. The molecule has 1 aromatic carbocycles. The summed E-state index contributed by atoms with van der Waals surface area (Å²) in [7, 11) is 0. The molecule has 0 aromatic heterocycles. The summed E-state index contributed by atoms with van der Waals surface area (Å²) in [5.41, 5.74) is 1.04. The van der Waals surface area contributed by atoms with Crippen molar-refractivity contribution in [2.24, 2.45) is 0 Å². The third-order valence-electron chi connectivity index (χ3n) is 3.93. The van der Waals surface area contributed by atoms with E-state index in [1.807, 2.05) is 56.3 Å². The van der Waals surface area contributed by atoms with Crippen molar-refractivity contribution in [2.75, 3.05) is 0 Å². The number of ether oxygens (including phenoxy) is 3. The van der Waals surface area contributed by atoms with Crippen molar-refractivity contribution in [1.29, 1.82) is 0 Å². The van der Waals surface area contributed by atoms with Crippen molar-refractivity contribution in [1.82, 2.24) is 0 Å². The molecule has 0 radical (unpaired) electrons. The van der Waals surface area contributed by atoms with Crippen molar-refractivity contribution in [2.45, 2.75) is 57.4 Å². The topological polar surface area (TPSA) is 44.8 Å². The molecule has 2 aliphatic rings. The summed E-state index contributed by atoms with van der Waals surface area (Å²) in [6, 6.07) is 9.86. The van der Waals surface area contributed by atoms with Crippen LogP contribution in [0.2, 0.25) is 0 Å². The second-order valence-electron chi connectivity index (χ2n) is 6.22. The van der Waals surface area contributed by atoms with E-state index in [-0.39, 0.29) is 18.0 Å². The Morgan fingerprint density at radius 2 is 2.00 bits per heavy atom. The fraction of sp³-hybridized carbons (Fsp3) is 0.500. The van der Waals surface area contributed by atoms with Gasteiger partial charge in [0, 0.05) is 6.42 Å². The molecule has 1 aromatic rings. The Bertz CT molecular complexity index is 549. The van der Waals surface area contributed by atoms with Gasteiger partial charge in [-0.1, -0.05) is 42.5 Å². The first-order chi connectivity index (χ1) is 10.6. The van der Waals surface area contributed by atoms with Gasteiger partial charge in [-0.25, -0.2) is 0 Å².